The number of fused-ring (bicyclic) bond motifs is 1. The number of carbonyl (C=O) groups is 1. The second-order valence-corrected chi connectivity index (χ2v) is 8.28. The Morgan fingerprint density at radius 3 is 2.78 bits per heavy atom. The van der Waals surface area contributed by atoms with E-state index in [4.69, 9.17) is 0 Å². The zero-order valence-electron chi connectivity index (χ0n) is 17.5. The van der Waals surface area contributed by atoms with Crippen molar-refractivity contribution in [2.75, 3.05) is 17.7 Å². The molecular formula is C21H24FN7O3. The molecule has 0 radical (unpaired) electrons. The number of aliphatic hydroxyl groups is 1. The van der Waals surface area contributed by atoms with E-state index >= 15 is 0 Å². The maximum atomic E-state index is 13.3. The van der Waals surface area contributed by atoms with Gasteiger partial charge in [-0.3, -0.25) is 9.59 Å². The van der Waals surface area contributed by atoms with Gasteiger partial charge in [0.05, 0.1) is 18.3 Å². The molecule has 10 nitrogen and oxygen atoms in total. The first kappa shape index (κ1) is 20.4. The van der Waals surface area contributed by atoms with Gasteiger partial charge in [0.2, 0.25) is 0 Å². The molecule has 3 aromatic rings. The Bertz CT molecular complexity index is 1230. The van der Waals surface area contributed by atoms with Crippen LogP contribution in [-0.4, -0.2) is 55.5 Å². The number of hydrogen-bond acceptors (Lipinski definition) is 7. The van der Waals surface area contributed by atoms with Crippen molar-refractivity contribution in [2.45, 2.75) is 50.0 Å². The van der Waals surface area contributed by atoms with E-state index in [-0.39, 0.29) is 29.1 Å². The summed E-state index contributed by atoms with van der Waals surface area (Å²) in [4.78, 5) is 30.1. The van der Waals surface area contributed by atoms with Crippen LogP contribution in [0.25, 0.3) is 5.65 Å². The standard InChI is InChI=1S/C21H24FN7O3/c1-23-18-9-17(25-15-3-2-6-28(21(15)32)12-7-11(22)8-12)27-19-13(10-24-29(18)19)20(31)26-14-4-5-16(14)30/h2-3,6,9-12,14,16,23,30H,4-5,7-8H2,1H3,(H,25,27)(H,26,31)/t11-,12-,14-,16+/m0/s1. The van der Waals surface area contributed by atoms with E-state index in [1.54, 1.807) is 31.4 Å². The van der Waals surface area contributed by atoms with E-state index in [0.29, 0.717) is 42.2 Å². The molecule has 4 N–H and O–H groups in total. The lowest BCUT2D eigenvalue weighted by Crippen LogP contribution is -2.50. The number of anilines is 3. The molecule has 2 saturated carbocycles. The van der Waals surface area contributed by atoms with Crippen LogP contribution in [0.15, 0.2) is 35.4 Å². The summed E-state index contributed by atoms with van der Waals surface area (Å²) >= 11 is 0. The van der Waals surface area contributed by atoms with Gasteiger partial charge in [0, 0.05) is 25.4 Å². The predicted molar refractivity (Wildman–Crippen MR) is 116 cm³/mol. The molecule has 0 bridgehead atoms. The van der Waals surface area contributed by atoms with Crippen molar-refractivity contribution in [3.63, 3.8) is 0 Å². The molecule has 5 rings (SSSR count). The van der Waals surface area contributed by atoms with Gasteiger partial charge in [-0.05, 0) is 37.8 Å². The first-order valence-corrected chi connectivity index (χ1v) is 10.6. The predicted octanol–water partition coefficient (Wildman–Crippen LogP) is 1.60. The quantitative estimate of drug-likeness (QED) is 0.458. The maximum Gasteiger partial charge on any atom is 0.274 e. The van der Waals surface area contributed by atoms with Crippen LogP contribution in [0.4, 0.5) is 21.7 Å². The third kappa shape index (κ3) is 3.48. The molecule has 0 spiro atoms. The number of nitrogens with zero attached hydrogens (tertiary/aromatic N) is 4. The lowest BCUT2D eigenvalue weighted by Gasteiger charge is -2.32. The Kier molecular flexibility index (Phi) is 5.04. The van der Waals surface area contributed by atoms with Gasteiger partial charge in [-0.15, -0.1) is 0 Å². The zero-order chi connectivity index (χ0) is 22.4. The van der Waals surface area contributed by atoms with E-state index in [2.05, 4.69) is 26.0 Å². The number of hydrogen-bond donors (Lipinski definition) is 4. The highest BCUT2D eigenvalue weighted by Crippen LogP contribution is 2.33. The molecule has 32 heavy (non-hydrogen) atoms. The van der Waals surface area contributed by atoms with E-state index in [0.717, 1.165) is 6.42 Å². The lowest BCUT2D eigenvalue weighted by atomic mass is 9.89. The molecule has 3 heterocycles. The van der Waals surface area contributed by atoms with Gasteiger partial charge >= 0.3 is 0 Å². The van der Waals surface area contributed by atoms with Gasteiger partial charge in [0.15, 0.2) is 5.65 Å². The van der Waals surface area contributed by atoms with Crippen LogP contribution in [0.2, 0.25) is 0 Å². The summed E-state index contributed by atoms with van der Waals surface area (Å²) in [6, 6.07) is 4.62. The molecule has 2 atom stereocenters. The number of pyridine rings is 1. The molecule has 2 aliphatic carbocycles. The molecule has 3 aromatic heterocycles. The lowest BCUT2D eigenvalue weighted by molar-refractivity contribution is 0.0448. The van der Waals surface area contributed by atoms with Crippen LogP contribution in [0, 0.1) is 0 Å². The molecule has 0 aliphatic heterocycles. The first-order valence-electron chi connectivity index (χ1n) is 10.6. The minimum atomic E-state index is -0.863. The number of alkyl halides is 1. The molecular weight excluding hydrogens is 417 g/mol. The minimum Gasteiger partial charge on any atom is -0.391 e. The normalized spacial score (nSPS) is 24.5. The van der Waals surface area contributed by atoms with Crippen molar-refractivity contribution in [3.05, 3.63) is 46.5 Å². The monoisotopic (exact) mass is 441 g/mol. The van der Waals surface area contributed by atoms with Gasteiger partial charge in [0.25, 0.3) is 11.5 Å². The smallest absolute Gasteiger partial charge is 0.274 e. The molecule has 11 heteroatoms. The third-order valence-electron chi connectivity index (χ3n) is 6.21. The van der Waals surface area contributed by atoms with Gasteiger partial charge < -0.3 is 25.6 Å². The number of rotatable bonds is 6. The van der Waals surface area contributed by atoms with Crippen molar-refractivity contribution in [1.29, 1.82) is 0 Å². The summed E-state index contributed by atoms with van der Waals surface area (Å²) in [6.45, 7) is 0. The van der Waals surface area contributed by atoms with Crippen molar-refractivity contribution >= 4 is 28.9 Å². The highest BCUT2D eigenvalue weighted by atomic mass is 19.1. The summed E-state index contributed by atoms with van der Waals surface area (Å²) in [6.07, 6.45) is 3.74. The maximum absolute atomic E-state index is 13.3. The van der Waals surface area contributed by atoms with E-state index in [9.17, 15) is 19.1 Å². The third-order valence-corrected chi connectivity index (χ3v) is 6.21. The zero-order valence-corrected chi connectivity index (χ0v) is 17.5. The summed E-state index contributed by atoms with van der Waals surface area (Å²) in [5.74, 6) is 0.547. The van der Waals surface area contributed by atoms with Crippen molar-refractivity contribution in [1.82, 2.24) is 24.5 Å². The Morgan fingerprint density at radius 2 is 2.12 bits per heavy atom. The van der Waals surface area contributed by atoms with Gasteiger partial charge in [-0.2, -0.15) is 9.61 Å². The summed E-state index contributed by atoms with van der Waals surface area (Å²) < 4.78 is 16.3. The van der Waals surface area contributed by atoms with E-state index in [1.807, 2.05) is 0 Å². The average molecular weight is 441 g/mol. The molecule has 2 fully saturated rings. The molecule has 0 aromatic carbocycles. The molecule has 1 amide bonds. The number of aromatic nitrogens is 4. The van der Waals surface area contributed by atoms with Gasteiger partial charge in [-0.25, -0.2) is 9.37 Å². The largest absolute Gasteiger partial charge is 0.391 e. The Balaban J connectivity index is 1.46. The van der Waals surface area contributed by atoms with Crippen LogP contribution in [-0.2, 0) is 0 Å². The Morgan fingerprint density at radius 1 is 1.31 bits per heavy atom. The van der Waals surface area contributed by atoms with Gasteiger partial charge in [-0.1, -0.05) is 0 Å². The number of aliphatic hydroxyl groups excluding tert-OH is 1. The van der Waals surface area contributed by atoms with Crippen molar-refractivity contribution < 1.29 is 14.3 Å². The highest BCUT2D eigenvalue weighted by molar-refractivity contribution is 6.00. The van der Waals surface area contributed by atoms with Gasteiger partial charge in [0.1, 0.15) is 29.1 Å². The average Bonchev–Trinajstić information content (AvgIpc) is 3.19. The molecule has 0 unspecified atom stereocenters. The number of amides is 1. The van der Waals surface area contributed by atoms with Crippen LogP contribution >= 0.6 is 0 Å². The first-order chi connectivity index (χ1) is 15.4. The number of nitrogens with one attached hydrogen (secondary N) is 3. The second-order valence-electron chi connectivity index (χ2n) is 8.28. The van der Waals surface area contributed by atoms with E-state index < -0.39 is 12.3 Å². The minimum absolute atomic E-state index is 0.144. The number of halogens is 1. The Hall–Kier alpha value is -3.47. The topological polar surface area (TPSA) is 126 Å². The van der Waals surface area contributed by atoms with Crippen LogP contribution in [0.5, 0.6) is 0 Å². The fourth-order valence-electron chi connectivity index (χ4n) is 4.04. The summed E-state index contributed by atoms with van der Waals surface area (Å²) in [5, 5.41) is 22.9. The summed E-state index contributed by atoms with van der Waals surface area (Å²) in [7, 11) is 1.71. The van der Waals surface area contributed by atoms with Crippen LogP contribution < -0.4 is 21.5 Å². The van der Waals surface area contributed by atoms with E-state index in [1.165, 1.54) is 15.3 Å². The number of carbonyl (C=O) groups excluding carboxylic acids is 1. The molecule has 0 saturated heterocycles. The highest BCUT2D eigenvalue weighted by Gasteiger charge is 2.32. The second kappa shape index (κ2) is 7.90. The van der Waals surface area contributed by atoms with Crippen molar-refractivity contribution in [2.24, 2.45) is 0 Å². The SMILES string of the molecule is CNc1cc(Nc2cccn([C@H]3C[C@H](F)C3)c2=O)nc2c(C(=O)N[C@H]3CC[C@H]3O)cnn12. The fraction of sp³-hybridized carbons (Fsp3) is 0.429. The molecule has 2 aliphatic rings. The van der Waals surface area contributed by atoms with Crippen molar-refractivity contribution in [3.8, 4) is 0 Å². The summed E-state index contributed by atoms with van der Waals surface area (Å²) in [5.41, 5.74) is 0.610. The van der Waals surface area contributed by atoms with Crippen LogP contribution in [0.1, 0.15) is 42.1 Å². The fourth-order valence-corrected chi connectivity index (χ4v) is 4.04. The molecule has 168 valence electrons. The van der Waals surface area contributed by atoms with Crippen LogP contribution in [0.3, 0.4) is 0 Å². The Labute approximate surface area is 182 Å².